The maximum absolute atomic E-state index is 5.00. The SMILES string of the molecule is Cc1cc(-c2cnc3c(c2)C(C)(C)c2ccccc2-3)c(C)cc1-c1ccc2c(c1)C(C)(C)c1ccccc1-2. The molecule has 1 heterocycles. The highest BCUT2D eigenvalue weighted by Crippen LogP contribution is 2.51. The highest BCUT2D eigenvalue weighted by Gasteiger charge is 2.37. The Morgan fingerprint density at radius 3 is 1.71 bits per heavy atom. The van der Waals surface area contributed by atoms with E-state index in [0.717, 1.165) is 5.69 Å². The maximum atomic E-state index is 5.00. The first-order valence-corrected chi connectivity index (χ1v) is 13.6. The molecule has 0 amide bonds. The van der Waals surface area contributed by atoms with Crippen molar-refractivity contribution in [3.05, 3.63) is 125 Å². The van der Waals surface area contributed by atoms with Crippen LogP contribution < -0.4 is 0 Å². The second kappa shape index (κ2) is 7.77. The zero-order chi connectivity index (χ0) is 26.4. The zero-order valence-electron chi connectivity index (χ0n) is 23.1. The average Bonchev–Trinajstić information content (AvgIpc) is 3.29. The molecule has 1 heteroatoms. The highest BCUT2D eigenvalue weighted by molar-refractivity contribution is 5.86. The summed E-state index contributed by atoms with van der Waals surface area (Å²) in [6, 6.07) is 31.7. The van der Waals surface area contributed by atoms with Crippen molar-refractivity contribution in [1.29, 1.82) is 0 Å². The van der Waals surface area contributed by atoms with Gasteiger partial charge in [0.05, 0.1) is 5.69 Å². The van der Waals surface area contributed by atoms with E-state index in [1.807, 2.05) is 0 Å². The Kier molecular flexibility index (Phi) is 4.74. The van der Waals surface area contributed by atoms with Crippen LogP contribution in [0.1, 0.15) is 61.1 Å². The highest BCUT2D eigenvalue weighted by atomic mass is 14.7. The standard InChI is InChI=1S/C37H33N/c1-22-18-30(25-20-34-35(38-21-25)28-12-8-10-14-32(28)37(34,5)6)23(2)17-29(22)24-15-16-27-26-11-7-9-13-31(26)36(3,4)33(27)19-24/h7-21H,1-6H3. The van der Waals surface area contributed by atoms with Crippen molar-refractivity contribution in [2.75, 3.05) is 0 Å². The van der Waals surface area contributed by atoms with Gasteiger partial charge in [0.15, 0.2) is 0 Å². The number of nitrogens with zero attached hydrogens (tertiary/aromatic N) is 1. The van der Waals surface area contributed by atoms with Crippen LogP contribution in [0.4, 0.5) is 0 Å². The molecular weight excluding hydrogens is 458 g/mol. The summed E-state index contributed by atoms with van der Waals surface area (Å²) >= 11 is 0. The molecule has 0 fully saturated rings. The molecule has 38 heavy (non-hydrogen) atoms. The molecule has 0 bridgehead atoms. The first-order chi connectivity index (χ1) is 18.2. The molecule has 5 aromatic rings. The second-order valence-corrected chi connectivity index (χ2v) is 12.2. The third kappa shape index (κ3) is 3.08. The Labute approximate surface area is 226 Å². The number of aromatic nitrogens is 1. The van der Waals surface area contributed by atoms with E-state index in [2.05, 4.69) is 133 Å². The maximum Gasteiger partial charge on any atom is 0.0746 e. The van der Waals surface area contributed by atoms with Crippen molar-refractivity contribution < 1.29 is 0 Å². The van der Waals surface area contributed by atoms with Crippen molar-refractivity contribution >= 4 is 0 Å². The molecule has 0 radical (unpaired) electrons. The van der Waals surface area contributed by atoms with Gasteiger partial charge < -0.3 is 0 Å². The van der Waals surface area contributed by atoms with Gasteiger partial charge in [0.2, 0.25) is 0 Å². The van der Waals surface area contributed by atoms with Gasteiger partial charge in [-0.25, -0.2) is 0 Å². The summed E-state index contributed by atoms with van der Waals surface area (Å²) in [7, 11) is 0. The van der Waals surface area contributed by atoms with Crippen LogP contribution in [-0.2, 0) is 10.8 Å². The monoisotopic (exact) mass is 491 g/mol. The lowest BCUT2D eigenvalue weighted by Crippen LogP contribution is -2.15. The summed E-state index contributed by atoms with van der Waals surface area (Å²) in [6.45, 7) is 13.8. The van der Waals surface area contributed by atoms with E-state index in [1.165, 1.54) is 72.3 Å². The van der Waals surface area contributed by atoms with Gasteiger partial charge in [-0.3, -0.25) is 4.98 Å². The molecule has 0 saturated carbocycles. The molecule has 0 N–H and O–H groups in total. The average molecular weight is 492 g/mol. The van der Waals surface area contributed by atoms with Crippen molar-refractivity contribution in [3.63, 3.8) is 0 Å². The first-order valence-electron chi connectivity index (χ1n) is 13.6. The van der Waals surface area contributed by atoms with Gasteiger partial charge in [0.25, 0.3) is 0 Å². The molecule has 2 aliphatic rings. The Morgan fingerprint density at radius 2 is 1.00 bits per heavy atom. The molecule has 186 valence electrons. The molecule has 0 spiro atoms. The van der Waals surface area contributed by atoms with Gasteiger partial charge in [0, 0.05) is 28.2 Å². The molecule has 0 saturated heterocycles. The molecular formula is C37H33N. The van der Waals surface area contributed by atoms with Crippen molar-refractivity contribution in [2.45, 2.75) is 52.4 Å². The number of hydrogen-bond donors (Lipinski definition) is 0. The van der Waals surface area contributed by atoms with Crippen molar-refractivity contribution in [1.82, 2.24) is 4.98 Å². The van der Waals surface area contributed by atoms with Gasteiger partial charge in [-0.05, 0) is 87.2 Å². The summed E-state index contributed by atoms with van der Waals surface area (Å²) in [5.41, 5.74) is 18.3. The normalized spacial score (nSPS) is 15.5. The number of aryl methyl sites for hydroxylation is 2. The molecule has 2 aliphatic carbocycles. The second-order valence-electron chi connectivity index (χ2n) is 12.2. The van der Waals surface area contributed by atoms with Gasteiger partial charge in [-0.15, -0.1) is 0 Å². The minimum absolute atomic E-state index is 0.00525. The van der Waals surface area contributed by atoms with Crippen LogP contribution in [0.15, 0.2) is 91.1 Å². The Morgan fingerprint density at radius 1 is 0.474 bits per heavy atom. The van der Waals surface area contributed by atoms with Gasteiger partial charge >= 0.3 is 0 Å². The third-order valence-corrected chi connectivity index (χ3v) is 9.19. The van der Waals surface area contributed by atoms with E-state index >= 15 is 0 Å². The summed E-state index contributed by atoms with van der Waals surface area (Å²) in [4.78, 5) is 5.00. The van der Waals surface area contributed by atoms with Crippen molar-refractivity contribution in [2.24, 2.45) is 0 Å². The number of rotatable bonds is 2. The minimum atomic E-state index is -0.0490. The van der Waals surface area contributed by atoms with E-state index < -0.39 is 0 Å². The van der Waals surface area contributed by atoms with Crippen LogP contribution >= 0.6 is 0 Å². The molecule has 0 atom stereocenters. The predicted octanol–water partition coefficient (Wildman–Crippen LogP) is 9.65. The summed E-state index contributed by atoms with van der Waals surface area (Å²) in [5, 5.41) is 0. The number of pyridine rings is 1. The Balaban J connectivity index is 1.31. The molecule has 1 nitrogen and oxygen atoms in total. The first kappa shape index (κ1) is 23.2. The van der Waals surface area contributed by atoms with E-state index in [1.54, 1.807) is 0 Å². The largest absolute Gasteiger partial charge is 0.255 e. The van der Waals surface area contributed by atoms with Crippen LogP contribution in [0, 0.1) is 13.8 Å². The van der Waals surface area contributed by atoms with E-state index in [-0.39, 0.29) is 10.8 Å². The number of benzene rings is 4. The molecule has 0 unspecified atom stereocenters. The fraction of sp³-hybridized carbons (Fsp3) is 0.216. The molecule has 0 aliphatic heterocycles. The lowest BCUT2D eigenvalue weighted by molar-refractivity contribution is 0.659. The van der Waals surface area contributed by atoms with Gasteiger partial charge in [0.1, 0.15) is 0 Å². The van der Waals surface area contributed by atoms with E-state index in [9.17, 15) is 0 Å². The lowest BCUT2D eigenvalue weighted by Gasteiger charge is -2.23. The predicted molar refractivity (Wildman–Crippen MR) is 160 cm³/mol. The fourth-order valence-corrected chi connectivity index (χ4v) is 6.99. The Bertz CT molecular complexity index is 1650. The minimum Gasteiger partial charge on any atom is -0.255 e. The Hall–Kier alpha value is -3.97. The molecule has 1 aromatic heterocycles. The summed E-state index contributed by atoms with van der Waals surface area (Å²) in [6.07, 6.45) is 2.06. The lowest BCUT2D eigenvalue weighted by atomic mass is 9.81. The number of fused-ring (bicyclic) bond motifs is 6. The van der Waals surface area contributed by atoms with E-state index in [4.69, 9.17) is 4.98 Å². The number of hydrogen-bond acceptors (Lipinski definition) is 1. The van der Waals surface area contributed by atoms with Gasteiger partial charge in [-0.2, -0.15) is 0 Å². The van der Waals surface area contributed by atoms with Crippen LogP contribution in [-0.4, -0.2) is 4.98 Å². The zero-order valence-corrected chi connectivity index (χ0v) is 23.1. The third-order valence-electron chi connectivity index (χ3n) is 9.19. The summed E-state index contributed by atoms with van der Waals surface area (Å²) in [5.74, 6) is 0. The fourth-order valence-electron chi connectivity index (χ4n) is 6.99. The van der Waals surface area contributed by atoms with Crippen LogP contribution in [0.5, 0.6) is 0 Å². The van der Waals surface area contributed by atoms with E-state index in [0.29, 0.717) is 0 Å². The van der Waals surface area contributed by atoms with Crippen molar-refractivity contribution in [3.8, 4) is 44.6 Å². The van der Waals surface area contributed by atoms with Gasteiger partial charge in [-0.1, -0.05) is 100 Å². The summed E-state index contributed by atoms with van der Waals surface area (Å²) < 4.78 is 0. The van der Waals surface area contributed by atoms with Crippen LogP contribution in [0.2, 0.25) is 0 Å². The van der Waals surface area contributed by atoms with Crippen LogP contribution in [0.3, 0.4) is 0 Å². The smallest absolute Gasteiger partial charge is 0.0746 e. The molecule has 4 aromatic carbocycles. The quantitative estimate of drug-likeness (QED) is 0.239. The molecule has 7 rings (SSSR count). The topological polar surface area (TPSA) is 12.9 Å². The van der Waals surface area contributed by atoms with Crippen LogP contribution in [0.25, 0.3) is 44.6 Å².